The summed E-state index contributed by atoms with van der Waals surface area (Å²) < 4.78 is 0. The molecule has 0 aliphatic rings. The second-order valence-electron chi connectivity index (χ2n) is 5.30. The molecule has 0 spiro atoms. The fourth-order valence-corrected chi connectivity index (χ4v) is 1.24. The number of carbonyl (C=O) groups excluding carboxylic acids is 1. The summed E-state index contributed by atoms with van der Waals surface area (Å²) in [5.74, 6) is -0.952. The third kappa shape index (κ3) is 5.40. The van der Waals surface area contributed by atoms with Crippen LogP contribution in [0.4, 0.5) is 0 Å². The zero-order valence-corrected chi connectivity index (χ0v) is 10.1. The fourth-order valence-electron chi connectivity index (χ4n) is 1.24. The number of carbonyl (C=O) groups is 2. The highest BCUT2D eigenvalue weighted by molar-refractivity contribution is 5.84. The zero-order valence-electron chi connectivity index (χ0n) is 10.1. The molecule has 0 aliphatic carbocycles. The van der Waals surface area contributed by atoms with E-state index in [1.54, 1.807) is 20.8 Å². The molecular weight excluding hydrogens is 194 g/mol. The van der Waals surface area contributed by atoms with Crippen LogP contribution >= 0.6 is 0 Å². The molecule has 0 rings (SSSR count). The van der Waals surface area contributed by atoms with E-state index >= 15 is 0 Å². The van der Waals surface area contributed by atoms with E-state index < -0.39 is 17.4 Å². The highest BCUT2D eigenvalue weighted by Crippen LogP contribution is 2.19. The Morgan fingerprint density at radius 3 is 2.00 bits per heavy atom. The van der Waals surface area contributed by atoms with Gasteiger partial charge in [0.25, 0.3) is 0 Å². The predicted octanol–water partition coefficient (Wildman–Crippen LogP) is 1.65. The molecular formula is C11H21NO3. The molecule has 88 valence electrons. The highest BCUT2D eigenvalue weighted by Gasteiger charge is 2.32. The van der Waals surface area contributed by atoms with Gasteiger partial charge < -0.3 is 10.4 Å². The van der Waals surface area contributed by atoms with Crippen LogP contribution < -0.4 is 5.32 Å². The van der Waals surface area contributed by atoms with Gasteiger partial charge in [-0.3, -0.25) is 4.79 Å². The average Bonchev–Trinajstić information content (AvgIpc) is 1.95. The van der Waals surface area contributed by atoms with Crippen LogP contribution in [0.15, 0.2) is 0 Å². The average molecular weight is 215 g/mol. The fraction of sp³-hybridized carbons (Fsp3) is 0.818. The molecule has 0 aromatic rings. The number of carboxylic acids is 1. The van der Waals surface area contributed by atoms with E-state index in [0.717, 1.165) is 0 Å². The molecule has 0 heterocycles. The number of carboxylic acid groups (broad SMARTS) is 1. The Morgan fingerprint density at radius 1 is 1.27 bits per heavy atom. The molecule has 0 saturated heterocycles. The van der Waals surface area contributed by atoms with Crippen LogP contribution in [0.1, 0.15) is 41.0 Å². The van der Waals surface area contributed by atoms with Gasteiger partial charge in [-0.1, -0.05) is 34.6 Å². The maximum absolute atomic E-state index is 11.4. The molecule has 2 N–H and O–H groups in total. The zero-order chi connectivity index (χ0) is 12.2. The van der Waals surface area contributed by atoms with Gasteiger partial charge in [-0.05, 0) is 11.3 Å². The van der Waals surface area contributed by atoms with Crippen molar-refractivity contribution in [3.8, 4) is 0 Å². The van der Waals surface area contributed by atoms with Gasteiger partial charge in [0, 0.05) is 6.42 Å². The van der Waals surface area contributed by atoms with Crippen LogP contribution in [0.3, 0.4) is 0 Å². The van der Waals surface area contributed by atoms with Gasteiger partial charge in [-0.2, -0.15) is 0 Å². The Morgan fingerprint density at radius 2 is 1.73 bits per heavy atom. The lowest BCUT2D eigenvalue weighted by Gasteiger charge is -2.28. The number of hydrogen-bond acceptors (Lipinski definition) is 2. The minimum absolute atomic E-state index is 0.202. The van der Waals surface area contributed by atoms with Crippen molar-refractivity contribution >= 4 is 11.9 Å². The monoisotopic (exact) mass is 215 g/mol. The topological polar surface area (TPSA) is 66.4 Å². The van der Waals surface area contributed by atoms with Gasteiger partial charge in [0.15, 0.2) is 0 Å². The smallest absolute Gasteiger partial charge is 0.326 e. The lowest BCUT2D eigenvalue weighted by molar-refractivity contribution is -0.145. The maximum atomic E-state index is 11.4. The number of nitrogens with one attached hydrogen (secondary N) is 1. The first-order valence-electron chi connectivity index (χ1n) is 5.16. The summed E-state index contributed by atoms with van der Waals surface area (Å²) in [6.07, 6.45) is 0.361. The minimum atomic E-state index is -0.986. The molecule has 0 unspecified atom stereocenters. The summed E-state index contributed by atoms with van der Waals surface area (Å²) in [6.45, 7) is 9.23. The first-order valence-corrected chi connectivity index (χ1v) is 5.16. The first kappa shape index (κ1) is 13.9. The summed E-state index contributed by atoms with van der Waals surface area (Å²) in [5.41, 5.74) is -0.474. The summed E-state index contributed by atoms with van der Waals surface area (Å²) in [5, 5.41) is 11.5. The molecule has 1 amide bonds. The Hall–Kier alpha value is -1.06. The molecule has 0 aliphatic heterocycles. The number of amides is 1. The van der Waals surface area contributed by atoms with Gasteiger partial charge in [-0.25, -0.2) is 4.79 Å². The largest absolute Gasteiger partial charge is 0.480 e. The van der Waals surface area contributed by atoms with E-state index in [9.17, 15) is 9.59 Å². The molecule has 0 aromatic heterocycles. The van der Waals surface area contributed by atoms with E-state index in [1.165, 1.54) is 0 Å². The van der Waals surface area contributed by atoms with Crippen molar-refractivity contribution in [1.29, 1.82) is 0 Å². The lowest BCUT2D eigenvalue weighted by Crippen LogP contribution is -2.49. The van der Waals surface area contributed by atoms with Crippen molar-refractivity contribution in [2.45, 2.75) is 47.1 Å². The molecule has 15 heavy (non-hydrogen) atoms. The second-order valence-corrected chi connectivity index (χ2v) is 5.30. The van der Waals surface area contributed by atoms with Crippen molar-refractivity contribution in [3.05, 3.63) is 0 Å². The second kappa shape index (κ2) is 5.14. The summed E-state index contributed by atoms with van der Waals surface area (Å²) in [4.78, 5) is 22.4. The van der Waals surface area contributed by atoms with E-state index in [1.807, 2.05) is 13.8 Å². The molecule has 0 fully saturated rings. The standard InChI is InChI=1S/C11H21NO3/c1-7(2)6-8(13)12-9(10(14)15)11(3,4)5/h7,9H,6H2,1-5H3,(H,12,13)(H,14,15)/t9-/m0/s1. The van der Waals surface area contributed by atoms with Crippen LogP contribution in [0.5, 0.6) is 0 Å². The Bertz CT molecular complexity index is 241. The maximum Gasteiger partial charge on any atom is 0.326 e. The van der Waals surface area contributed by atoms with Crippen molar-refractivity contribution < 1.29 is 14.7 Å². The molecule has 0 bridgehead atoms. The van der Waals surface area contributed by atoms with Crippen LogP contribution in [-0.4, -0.2) is 23.0 Å². The van der Waals surface area contributed by atoms with Gasteiger partial charge in [0.1, 0.15) is 6.04 Å². The van der Waals surface area contributed by atoms with Gasteiger partial charge in [-0.15, -0.1) is 0 Å². The molecule has 0 aromatic carbocycles. The predicted molar refractivity (Wildman–Crippen MR) is 58.5 cm³/mol. The number of hydrogen-bond donors (Lipinski definition) is 2. The van der Waals surface area contributed by atoms with Crippen LogP contribution in [0, 0.1) is 11.3 Å². The summed E-state index contributed by atoms with van der Waals surface area (Å²) in [6, 6.07) is -0.830. The van der Waals surface area contributed by atoms with E-state index in [4.69, 9.17) is 5.11 Å². The van der Waals surface area contributed by atoms with E-state index in [-0.39, 0.29) is 11.8 Å². The number of rotatable bonds is 4. The van der Waals surface area contributed by atoms with Crippen LogP contribution in [0.25, 0.3) is 0 Å². The van der Waals surface area contributed by atoms with Crippen LogP contribution in [-0.2, 0) is 9.59 Å². The Labute approximate surface area is 91.1 Å². The third-order valence-electron chi connectivity index (χ3n) is 2.01. The molecule has 1 atom stereocenters. The van der Waals surface area contributed by atoms with Crippen LogP contribution in [0.2, 0.25) is 0 Å². The van der Waals surface area contributed by atoms with Gasteiger partial charge in [0.2, 0.25) is 5.91 Å². The van der Waals surface area contributed by atoms with Gasteiger partial charge >= 0.3 is 5.97 Å². The highest BCUT2D eigenvalue weighted by atomic mass is 16.4. The van der Waals surface area contributed by atoms with Crippen molar-refractivity contribution in [1.82, 2.24) is 5.32 Å². The van der Waals surface area contributed by atoms with Gasteiger partial charge in [0.05, 0.1) is 0 Å². The molecule has 4 nitrogen and oxygen atoms in total. The van der Waals surface area contributed by atoms with Crippen molar-refractivity contribution in [2.24, 2.45) is 11.3 Å². The Kier molecular flexibility index (Phi) is 4.78. The SMILES string of the molecule is CC(C)CC(=O)N[C@@H](C(=O)O)C(C)(C)C. The summed E-state index contributed by atoms with van der Waals surface area (Å²) >= 11 is 0. The molecule has 0 saturated carbocycles. The third-order valence-corrected chi connectivity index (χ3v) is 2.01. The minimum Gasteiger partial charge on any atom is -0.480 e. The van der Waals surface area contributed by atoms with E-state index in [0.29, 0.717) is 6.42 Å². The van der Waals surface area contributed by atoms with Crippen molar-refractivity contribution in [2.75, 3.05) is 0 Å². The lowest BCUT2D eigenvalue weighted by atomic mass is 9.86. The van der Waals surface area contributed by atoms with Crippen molar-refractivity contribution in [3.63, 3.8) is 0 Å². The summed E-state index contributed by atoms with van der Waals surface area (Å²) in [7, 11) is 0. The molecule has 0 radical (unpaired) electrons. The number of aliphatic carboxylic acids is 1. The van der Waals surface area contributed by atoms with E-state index in [2.05, 4.69) is 5.32 Å². The molecule has 4 heteroatoms. The normalized spacial score (nSPS) is 13.7. The quantitative estimate of drug-likeness (QED) is 0.749. The Balaban J connectivity index is 4.44. The first-order chi connectivity index (χ1) is 6.64.